The number of amides is 1. The smallest absolute Gasteiger partial charge is 0.257 e. The third-order valence-electron chi connectivity index (χ3n) is 3.26. The van der Waals surface area contributed by atoms with E-state index in [0.717, 1.165) is 18.6 Å². The number of nitrogens with two attached hydrogens (primary N) is 1. The van der Waals surface area contributed by atoms with Gasteiger partial charge in [-0.3, -0.25) is 4.79 Å². The van der Waals surface area contributed by atoms with Crippen LogP contribution in [-0.2, 0) is 0 Å². The monoisotopic (exact) mass is 254 g/mol. The number of rotatable bonds is 1. The topological polar surface area (TPSA) is 46.3 Å². The van der Waals surface area contributed by atoms with Gasteiger partial charge in [-0.15, -0.1) is 0 Å². The lowest BCUT2D eigenvalue weighted by atomic mass is 9.93. The molecule has 2 rings (SSSR count). The second-order valence-electron chi connectivity index (χ2n) is 5.50. The van der Waals surface area contributed by atoms with Crippen molar-refractivity contribution < 1.29 is 13.6 Å². The Morgan fingerprint density at radius 1 is 1.39 bits per heavy atom. The number of benzene rings is 1. The molecule has 1 heterocycles. The van der Waals surface area contributed by atoms with Gasteiger partial charge >= 0.3 is 0 Å². The number of anilines is 1. The normalized spacial score (nSPS) is 18.1. The molecule has 1 aliphatic heterocycles. The molecule has 0 unspecified atom stereocenters. The molecule has 1 fully saturated rings. The zero-order valence-corrected chi connectivity index (χ0v) is 10.5. The average molecular weight is 254 g/mol. The van der Waals surface area contributed by atoms with E-state index in [9.17, 15) is 13.6 Å². The highest BCUT2D eigenvalue weighted by Gasteiger charge is 2.33. The molecule has 18 heavy (non-hydrogen) atoms. The van der Waals surface area contributed by atoms with Gasteiger partial charge < -0.3 is 10.6 Å². The minimum atomic E-state index is -0.842. The van der Waals surface area contributed by atoms with Gasteiger partial charge in [-0.2, -0.15) is 0 Å². The van der Waals surface area contributed by atoms with Crippen LogP contribution in [0.4, 0.5) is 14.5 Å². The molecule has 5 heteroatoms. The Bertz CT molecular complexity index is 500. The van der Waals surface area contributed by atoms with Gasteiger partial charge in [-0.1, -0.05) is 13.8 Å². The summed E-state index contributed by atoms with van der Waals surface area (Å²) in [7, 11) is 0. The molecule has 1 amide bonds. The molecular weight excluding hydrogens is 238 g/mol. The van der Waals surface area contributed by atoms with Crippen molar-refractivity contribution in [2.24, 2.45) is 5.41 Å². The molecule has 2 N–H and O–H groups in total. The fourth-order valence-corrected chi connectivity index (χ4v) is 2.22. The molecule has 1 aliphatic rings. The van der Waals surface area contributed by atoms with Crippen molar-refractivity contribution in [3.63, 3.8) is 0 Å². The summed E-state index contributed by atoms with van der Waals surface area (Å²) in [6, 6.07) is 1.78. The van der Waals surface area contributed by atoms with E-state index in [1.54, 1.807) is 0 Å². The van der Waals surface area contributed by atoms with Gasteiger partial charge in [-0.05, 0) is 24.0 Å². The fourth-order valence-electron chi connectivity index (χ4n) is 2.22. The molecule has 0 bridgehead atoms. The van der Waals surface area contributed by atoms with Crippen LogP contribution >= 0.6 is 0 Å². The van der Waals surface area contributed by atoms with E-state index in [1.165, 1.54) is 4.90 Å². The van der Waals surface area contributed by atoms with Crippen LogP contribution in [0.1, 0.15) is 30.6 Å². The highest BCUT2D eigenvalue weighted by molar-refractivity contribution is 5.95. The third-order valence-corrected chi connectivity index (χ3v) is 3.26. The Hall–Kier alpha value is -1.65. The van der Waals surface area contributed by atoms with Gasteiger partial charge in [0.15, 0.2) is 5.82 Å². The van der Waals surface area contributed by atoms with Crippen LogP contribution in [-0.4, -0.2) is 23.9 Å². The lowest BCUT2D eigenvalue weighted by Crippen LogP contribution is -2.31. The van der Waals surface area contributed by atoms with Crippen LogP contribution in [0.5, 0.6) is 0 Å². The largest absolute Gasteiger partial charge is 0.396 e. The van der Waals surface area contributed by atoms with E-state index >= 15 is 0 Å². The summed E-state index contributed by atoms with van der Waals surface area (Å²) < 4.78 is 26.9. The van der Waals surface area contributed by atoms with E-state index in [4.69, 9.17) is 5.73 Å². The summed E-state index contributed by atoms with van der Waals surface area (Å²) in [5.74, 6) is -2.04. The lowest BCUT2D eigenvalue weighted by molar-refractivity contribution is 0.0773. The maximum atomic E-state index is 13.7. The van der Waals surface area contributed by atoms with Gasteiger partial charge in [0.2, 0.25) is 0 Å². The van der Waals surface area contributed by atoms with Gasteiger partial charge in [0.1, 0.15) is 5.82 Å². The predicted octanol–water partition coefficient (Wildman–Crippen LogP) is 2.42. The van der Waals surface area contributed by atoms with Crippen molar-refractivity contribution in [2.75, 3.05) is 18.8 Å². The van der Waals surface area contributed by atoms with Crippen molar-refractivity contribution in [1.29, 1.82) is 0 Å². The zero-order chi connectivity index (χ0) is 13.5. The summed E-state index contributed by atoms with van der Waals surface area (Å²) in [5.41, 5.74) is 4.72. The molecule has 1 saturated heterocycles. The van der Waals surface area contributed by atoms with Crippen LogP contribution in [0.2, 0.25) is 0 Å². The molecule has 0 aliphatic carbocycles. The van der Waals surface area contributed by atoms with Crippen LogP contribution in [0.3, 0.4) is 0 Å². The van der Waals surface area contributed by atoms with Crippen molar-refractivity contribution in [3.05, 3.63) is 29.3 Å². The Balaban J connectivity index is 2.30. The molecule has 1 aromatic carbocycles. The Kier molecular flexibility index (Phi) is 3.00. The molecule has 0 spiro atoms. The second-order valence-corrected chi connectivity index (χ2v) is 5.50. The van der Waals surface area contributed by atoms with Gasteiger partial charge in [0, 0.05) is 13.1 Å². The lowest BCUT2D eigenvalue weighted by Gasteiger charge is -2.20. The first kappa shape index (κ1) is 12.8. The number of likely N-dealkylation sites (tertiary alicyclic amines) is 1. The van der Waals surface area contributed by atoms with E-state index in [-0.39, 0.29) is 16.7 Å². The van der Waals surface area contributed by atoms with E-state index in [1.807, 2.05) is 13.8 Å². The summed E-state index contributed by atoms with van der Waals surface area (Å²) >= 11 is 0. The molecule has 98 valence electrons. The summed E-state index contributed by atoms with van der Waals surface area (Å²) in [6.07, 6.45) is 0.852. The first-order valence-electron chi connectivity index (χ1n) is 5.84. The number of nitrogens with zero attached hydrogens (tertiary/aromatic N) is 1. The highest BCUT2D eigenvalue weighted by Crippen LogP contribution is 2.30. The molecule has 0 aromatic heterocycles. The maximum absolute atomic E-state index is 13.7. The van der Waals surface area contributed by atoms with Gasteiger partial charge in [-0.25, -0.2) is 8.78 Å². The summed E-state index contributed by atoms with van der Waals surface area (Å²) in [6.45, 7) is 5.18. The Morgan fingerprint density at radius 3 is 2.61 bits per heavy atom. The molecule has 3 nitrogen and oxygen atoms in total. The SMILES string of the molecule is CC1(C)CCN(C(=O)c2cc(F)cc(N)c2F)C1. The van der Waals surface area contributed by atoms with Crippen LogP contribution in [0.25, 0.3) is 0 Å². The molecule has 0 radical (unpaired) electrons. The Morgan fingerprint density at radius 2 is 2.06 bits per heavy atom. The molecule has 0 atom stereocenters. The van der Waals surface area contributed by atoms with Gasteiger partial charge in [0.05, 0.1) is 11.3 Å². The Labute approximate surface area is 105 Å². The summed E-state index contributed by atoms with van der Waals surface area (Å²) in [5, 5.41) is 0. The van der Waals surface area contributed by atoms with E-state index in [2.05, 4.69) is 0 Å². The van der Waals surface area contributed by atoms with Crippen LogP contribution in [0.15, 0.2) is 12.1 Å². The number of hydrogen-bond donors (Lipinski definition) is 1. The predicted molar refractivity (Wildman–Crippen MR) is 65.1 cm³/mol. The van der Waals surface area contributed by atoms with Gasteiger partial charge in [0.25, 0.3) is 5.91 Å². The average Bonchev–Trinajstić information content (AvgIpc) is 2.63. The standard InChI is InChI=1S/C13H16F2N2O/c1-13(2)3-4-17(7-13)12(18)9-5-8(14)6-10(16)11(9)15/h5-6H,3-4,7,16H2,1-2H3. The molecule has 1 aromatic rings. The number of hydrogen-bond acceptors (Lipinski definition) is 2. The molecular formula is C13H16F2N2O. The van der Waals surface area contributed by atoms with E-state index in [0.29, 0.717) is 13.1 Å². The minimum absolute atomic E-state index is 0.0189. The summed E-state index contributed by atoms with van der Waals surface area (Å²) in [4.78, 5) is 13.7. The number of nitrogen functional groups attached to an aromatic ring is 1. The quantitative estimate of drug-likeness (QED) is 0.782. The van der Waals surface area contributed by atoms with E-state index < -0.39 is 17.5 Å². The van der Waals surface area contributed by atoms with Crippen LogP contribution in [0, 0.1) is 17.0 Å². The first-order chi connectivity index (χ1) is 8.30. The second kappa shape index (κ2) is 4.23. The van der Waals surface area contributed by atoms with Crippen LogP contribution < -0.4 is 5.73 Å². The van der Waals surface area contributed by atoms with Crippen molar-refractivity contribution >= 4 is 11.6 Å². The number of halogens is 2. The van der Waals surface area contributed by atoms with Crippen molar-refractivity contribution in [3.8, 4) is 0 Å². The maximum Gasteiger partial charge on any atom is 0.257 e. The van der Waals surface area contributed by atoms with Crippen molar-refractivity contribution in [2.45, 2.75) is 20.3 Å². The third kappa shape index (κ3) is 2.30. The molecule has 0 saturated carbocycles. The number of carbonyl (C=O) groups is 1. The highest BCUT2D eigenvalue weighted by atomic mass is 19.1. The first-order valence-corrected chi connectivity index (χ1v) is 5.84. The number of carbonyl (C=O) groups excluding carboxylic acids is 1. The van der Waals surface area contributed by atoms with Crippen molar-refractivity contribution in [1.82, 2.24) is 4.90 Å². The minimum Gasteiger partial charge on any atom is -0.396 e. The zero-order valence-electron chi connectivity index (χ0n) is 10.5. The fraction of sp³-hybridized carbons (Fsp3) is 0.462.